The molecule has 15 heteroatoms. The van der Waals surface area contributed by atoms with Crippen molar-refractivity contribution in [3.63, 3.8) is 0 Å². The second-order valence-corrected chi connectivity index (χ2v) is 7.07. The first-order chi connectivity index (χ1) is 13.3. The summed E-state index contributed by atoms with van der Waals surface area (Å²) in [6.45, 7) is 0. The van der Waals surface area contributed by atoms with Crippen molar-refractivity contribution in [3.8, 4) is 0 Å². The predicted octanol–water partition coefficient (Wildman–Crippen LogP) is 3.01. The van der Waals surface area contributed by atoms with Crippen molar-refractivity contribution in [1.29, 1.82) is 0 Å². The Morgan fingerprint density at radius 2 is 1.79 bits per heavy atom. The maximum atomic E-state index is 13.4. The molecule has 2 aromatic heterocycles. The number of para-hydroxylation sites is 1. The van der Waals surface area contributed by atoms with Gasteiger partial charge in [-0.2, -0.15) is 39.9 Å². The average Bonchev–Trinajstić information content (AvgIpc) is 3.16. The van der Waals surface area contributed by atoms with E-state index in [-0.39, 0.29) is 11.0 Å². The predicted molar refractivity (Wildman–Crippen MR) is 86.0 cm³/mol. The molecule has 8 nitrogen and oxygen atoms in total. The molecule has 0 unspecified atom stereocenters. The lowest BCUT2D eigenvalue weighted by Gasteiger charge is -2.14. The van der Waals surface area contributed by atoms with Crippen LogP contribution in [-0.4, -0.2) is 38.7 Å². The van der Waals surface area contributed by atoms with Gasteiger partial charge in [0.2, 0.25) is 0 Å². The van der Waals surface area contributed by atoms with Crippen LogP contribution in [0, 0.1) is 0 Å². The Kier molecular flexibility index (Phi) is 4.80. The summed E-state index contributed by atoms with van der Waals surface area (Å²) in [7, 11) is -5.41. The molecule has 0 fully saturated rings. The zero-order valence-electron chi connectivity index (χ0n) is 14.1. The number of aryl methyl sites for hydroxylation is 1. The van der Waals surface area contributed by atoms with Gasteiger partial charge in [-0.1, -0.05) is 17.3 Å². The number of alkyl halides is 6. The Labute approximate surface area is 158 Å². The van der Waals surface area contributed by atoms with Gasteiger partial charge >= 0.3 is 21.8 Å². The van der Waals surface area contributed by atoms with Crippen molar-refractivity contribution in [3.05, 3.63) is 41.7 Å². The lowest BCUT2D eigenvalue weighted by Crippen LogP contribution is -2.25. The number of hydrogen-bond donors (Lipinski definition) is 0. The molecule has 0 bridgehead atoms. The molecular formula is C14H9F6N5O3S. The second-order valence-electron chi connectivity index (χ2n) is 5.53. The minimum atomic E-state index is -6.29. The molecule has 1 aromatic carbocycles. The van der Waals surface area contributed by atoms with Gasteiger partial charge in [0.25, 0.3) is 0 Å². The van der Waals surface area contributed by atoms with Crippen LogP contribution in [0.5, 0.6) is 0 Å². The van der Waals surface area contributed by atoms with Gasteiger partial charge in [0, 0.05) is 7.05 Å². The molecule has 0 radical (unpaired) electrons. The van der Waals surface area contributed by atoms with E-state index in [1.165, 1.54) is 18.2 Å². The summed E-state index contributed by atoms with van der Waals surface area (Å²) in [6, 6.07) is 5.97. The smallest absolute Gasteiger partial charge is 0.374 e. The van der Waals surface area contributed by atoms with Crippen molar-refractivity contribution < 1.29 is 38.9 Å². The van der Waals surface area contributed by atoms with E-state index in [2.05, 4.69) is 19.6 Å². The van der Waals surface area contributed by atoms with E-state index in [1.54, 1.807) is 6.07 Å². The molecule has 0 N–H and O–H groups in total. The summed E-state index contributed by atoms with van der Waals surface area (Å²) in [5.74, 6) is -1.29. The fraction of sp³-hybridized carbons (Fsp3) is 0.214. The minimum Gasteiger partial charge on any atom is -0.374 e. The van der Waals surface area contributed by atoms with Gasteiger partial charge < -0.3 is 4.18 Å². The normalized spacial score (nSPS) is 13.8. The highest BCUT2D eigenvalue weighted by Crippen LogP contribution is 2.37. The van der Waals surface area contributed by atoms with Crippen LogP contribution in [0.2, 0.25) is 0 Å². The molecule has 0 saturated carbocycles. The topological polar surface area (TPSA) is 91.9 Å². The summed E-state index contributed by atoms with van der Waals surface area (Å²) in [5.41, 5.74) is -8.01. The van der Waals surface area contributed by atoms with Crippen molar-refractivity contribution in [2.45, 2.75) is 11.7 Å². The Morgan fingerprint density at radius 1 is 1.14 bits per heavy atom. The van der Waals surface area contributed by atoms with Crippen molar-refractivity contribution >= 4 is 33.1 Å². The summed E-state index contributed by atoms with van der Waals surface area (Å²) >= 11 is 0. The maximum absolute atomic E-state index is 13.4. The molecule has 0 aliphatic carbocycles. The Bertz CT molecular complexity index is 1190. The highest BCUT2D eigenvalue weighted by Gasteiger charge is 2.50. The third-order valence-corrected chi connectivity index (χ3v) is 4.54. The Hall–Kier alpha value is -3.10. The van der Waals surface area contributed by atoms with Gasteiger partial charge in [-0.15, -0.1) is 5.10 Å². The number of halogens is 6. The third kappa shape index (κ3) is 3.90. The highest BCUT2D eigenvalue weighted by molar-refractivity contribution is 7.87. The van der Waals surface area contributed by atoms with E-state index >= 15 is 0 Å². The van der Waals surface area contributed by atoms with Crippen LogP contribution < -0.4 is 0 Å². The van der Waals surface area contributed by atoms with Crippen LogP contribution in [-0.2, 0) is 27.5 Å². The molecule has 0 spiro atoms. The lowest BCUT2D eigenvalue weighted by molar-refractivity contribution is -0.143. The Morgan fingerprint density at radius 3 is 2.41 bits per heavy atom. The molecule has 0 amide bonds. The number of nitrogens with zero attached hydrogens (tertiary/aromatic N) is 5. The van der Waals surface area contributed by atoms with E-state index in [9.17, 15) is 34.8 Å². The number of fused-ring (bicyclic) bond motifs is 1. The molecule has 0 aliphatic heterocycles. The summed E-state index contributed by atoms with van der Waals surface area (Å²) in [5, 5.41) is 10.6. The molecule has 3 rings (SSSR count). The maximum Gasteiger partial charge on any atom is 0.534 e. The summed E-state index contributed by atoms with van der Waals surface area (Å²) in [4.78, 5) is 0. The SMILES string of the molecule is Cn1ncc(/C(=C/n2nnc3ccccc32)OS(=O)(=O)C(F)(F)F)c1C(F)(F)F. The molecular weight excluding hydrogens is 432 g/mol. The monoisotopic (exact) mass is 441 g/mol. The van der Waals surface area contributed by atoms with Gasteiger partial charge in [0.1, 0.15) is 5.52 Å². The van der Waals surface area contributed by atoms with Gasteiger partial charge in [0.15, 0.2) is 11.5 Å². The van der Waals surface area contributed by atoms with E-state index in [4.69, 9.17) is 0 Å². The highest BCUT2D eigenvalue weighted by atomic mass is 32.2. The minimum absolute atomic E-state index is 0.176. The number of rotatable bonds is 4. The Balaban J connectivity index is 2.24. The first kappa shape index (κ1) is 20.6. The first-order valence-electron chi connectivity index (χ1n) is 7.43. The fourth-order valence-electron chi connectivity index (χ4n) is 2.35. The van der Waals surface area contributed by atoms with Gasteiger partial charge in [-0.05, 0) is 12.1 Å². The van der Waals surface area contributed by atoms with Gasteiger partial charge in [-0.25, -0.2) is 4.68 Å². The summed E-state index contributed by atoms with van der Waals surface area (Å²) in [6.07, 6.45) is -4.00. The van der Waals surface area contributed by atoms with Gasteiger partial charge in [-0.3, -0.25) is 4.68 Å². The zero-order valence-corrected chi connectivity index (χ0v) is 14.9. The van der Waals surface area contributed by atoms with E-state index in [0.29, 0.717) is 17.1 Å². The second kappa shape index (κ2) is 6.75. The molecule has 29 heavy (non-hydrogen) atoms. The van der Waals surface area contributed by atoms with Crippen LogP contribution in [0.25, 0.3) is 23.0 Å². The van der Waals surface area contributed by atoms with Crippen LogP contribution >= 0.6 is 0 Å². The zero-order chi connectivity index (χ0) is 21.6. The third-order valence-electron chi connectivity index (χ3n) is 3.57. The molecule has 156 valence electrons. The van der Waals surface area contributed by atoms with Crippen LogP contribution in [0.15, 0.2) is 30.5 Å². The lowest BCUT2D eigenvalue weighted by atomic mass is 10.2. The van der Waals surface area contributed by atoms with Crippen molar-refractivity contribution in [2.75, 3.05) is 0 Å². The van der Waals surface area contributed by atoms with E-state index in [1.807, 2.05) is 0 Å². The quantitative estimate of drug-likeness (QED) is 0.268. The van der Waals surface area contributed by atoms with Crippen LogP contribution in [0.1, 0.15) is 11.3 Å². The first-order valence-corrected chi connectivity index (χ1v) is 8.84. The largest absolute Gasteiger partial charge is 0.534 e. The molecule has 2 heterocycles. The number of benzene rings is 1. The number of aromatic nitrogens is 5. The van der Waals surface area contributed by atoms with Crippen molar-refractivity contribution in [1.82, 2.24) is 24.8 Å². The standard InChI is InChI=1S/C14H9F6N5O3S/c1-24-12(13(15,16)17)8(6-21-24)11(28-29(26,27)14(18,19)20)7-25-10-5-3-2-4-9(10)22-23-25/h2-7H,1H3/b11-7-. The average molecular weight is 441 g/mol. The van der Waals surface area contributed by atoms with Crippen molar-refractivity contribution in [2.24, 2.45) is 7.05 Å². The molecule has 0 saturated heterocycles. The molecule has 3 aromatic rings. The fourth-order valence-corrected chi connectivity index (χ4v) is 2.81. The molecule has 0 atom stereocenters. The molecule has 0 aliphatic rings. The number of hydrogen-bond acceptors (Lipinski definition) is 6. The van der Waals surface area contributed by atoms with Crippen LogP contribution in [0.4, 0.5) is 26.3 Å². The van der Waals surface area contributed by atoms with E-state index < -0.39 is 38.8 Å². The summed E-state index contributed by atoms with van der Waals surface area (Å²) < 4.78 is 106. The van der Waals surface area contributed by atoms with Gasteiger partial charge in [0.05, 0.1) is 23.5 Å². The van der Waals surface area contributed by atoms with Crippen LogP contribution in [0.3, 0.4) is 0 Å². The van der Waals surface area contributed by atoms with E-state index in [0.717, 1.165) is 11.7 Å².